The summed E-state index contributed by atoms with van der Waals surface area (Å²) >= 11 is 1.79. The average molecular weight is 273 g/mol. The van der Waals surface area contributed by atoms with Crippen molar-refractivity contribution in [2.75, 3.05) is 0 Å². The van der Waals surface area contributed by atoms with Crippen LogP contribution in [0.3, 0.4) is 0 Å². The molecule has 16 heavy (non-hydrogen) atoms. The summed E-state index contributed by atoms with van der Waals surface area (Å²) in [5.41, 5.74) is 0. The van der Waals surface area contributed by atoms with Gasteiger partial charge in [0.05, 0.1) is 0 Å². The second-order valence-electron chi connectivity index (χ2n) is 5.61. The summed E-state index contributed by atoms with van der Waals surface area (Å²) in [7, 11) is -2.80. The van der Waals surface area contributed by atoms with Gasteiger partial charge in [-0.05, 0) is 19.6 Å². The first kappa shape index (κ1) is 13.7. The maximum absolute atomic E-state index is 5.85. The van der Waals surface area contributed by atoms with E-state index in [1.165, 1.54) is 0 Å². The lowest BCUT2D eigenvalue weighted by molar-refractivity contribution is 0.524. The highest BCUT2D eigenvalue weighted by Crippen LogP contribution is 2.27. The van der Waals surface area contributed by atoms with Gasteiger partial charge >= 0.3 is 0 Å². The van der Waals surface area contributed by atoms with Crippen LogP contribution in [-0.4, -0.2) is 25.5 Å². The molecule has 0 unspecified atom stereocenters. The highest BCUT2D eigenvalue weighted by atomic mass is 32.4. The number of hydrogen-bond donors (Lipinski definition) is 0. The Morgan fingerprint density at radius 3 is 2.25 bits per heavy atom. The minimum atomic E-state index is -1.57. The number of aromatic nitrogens is 2. The Morgan fingerprint density at radius 2 is 1.75 bits per heavy atom. The highest BCUT2D eigenvalue weighted by molar-refractivity contribution is 8.28. The van der Waals surface area contributed by atoms with Gasteiger partial charge in [-0.2, -0.15) is 4.98 Å². The van der Waals surface area contributed by atoms with Crippen molar-refractivity contribution in [1.29, 1.82) is 0 Å². The summed E-state index contributed by atoms with van der Waals surface area (Å²) in [5, 5.41) is 0.843. The Kier molecular flexibility index (Phi) is 4.19. The molecule has 0 N–H and O–H groups in total. The van der Waals surface area contributed by atoms with E-state index < -0.39 is 15.5 Å². The normalized spacial score (nSPS) is 12.6. The van der Waals surface area contributed by atoms with Crippen LogP contribution >= 0.6 is 11.2 Å². The van der Waals surface area contributed by atoms with E-state index in [0.29, 0.717) is 0 Å². The quantitative estimate of drug-likeness (QED) is 0.619. The molecule has 6 heteroatoms. The molecule has 0 radical (unpaired) electrons. The number of rotatable bonds is 4. The summed E-state index contributed by atoms with van der Waals surface area (Å²) in [6.07, 6.45) is 1.78. The van der Waals surface area contributed by atoms with E-state index in [1.807, 2.05) is 6.07 Å². The van der Waals surface area contributed by atoms with Gasteiger partial charge in [0.2, 0.25) is 14.2 Å². The molecular weight excluding hydrogens is 252 g/mol. The third-order valence-corrected chi connectivity index (χ3v) is 5.61. The van der Waals surface area contributed by atoms with Gasteiger partial charge in [0.1, 0.15) is 7.22 Å². The second-order valence-corrected chi connectivity index (χ2v) is 19.1. The van der Waals surface area contributed by atoms with Gasteiger partial charge in [-0.15, -0.1) is 11.2 Å². The maximum Gasteiger partial charge on any atom is 0.244 e. The fourth-order valence-corrected chi connectivity index (χ4v) is 4.49. The van der Waals surface area contributed by atoms with E-state index in [9.17, 15) is 0 Å². The van der Waals surface area contributed by atoms with E-state index in [2.05, 4.69) is 49.3 Å². The zero-order valence-corrected chi connectivity index (χ0v) is 13.7. The third-order valence-electron chi connectivity index (χ3n) is 1.42. The molecule has 0 fully saturated rings. The Morgan fingerprint density at radius 1 is 1.12 bits per heavy atom. The molecule has 1 aromatic rings. The van der Waals surface area contributed by atoms with Gasteiger partial charge < -0.3 is 4.43 Å². The van der Waals surface area contributed by atoms with Crippen LogP contribution in [0.4, 0.5) is 0 Å². The summed E-state index contributed by atoms with van der Waals surface area (Å²) in [5.74, 6) is 0.718. The second kappa shape index (κ2) is 4.89. The molecule has 0 amide bonds. The van der Waals surface area contributed by atoms with Gasteiger partial charge in [-0.3, -0.25) is 0 Å². The van der Waals surface area contributed by atoms with E-state index >= 15 is 0 Å². The van der Waals surface area contributed by atoms with Crippen LogP contribution in [0, 0.1) is 0 Å². The maximum atomic E-state index is 5.85. The largest absolute Gasteiger partial charge is 0.531 e. The van der Waals surface area contributed by atoms with Crippen LogP contribution < -0.4 is 4.43 Å². The molecule has 90 valence electrons. The van der Waals surface area contributed by atoms with Crippen molar-refractivity contribution in [2.24, 2.45) is 0 Å². The molecule has 1 rings (SSSR count). The Hall–Kier alpha value is -0.336. The van der Waals surface area contributed by atoms with Crippen LogP contribution in [0.5, 0.6) is 5.88 Å². The molecule has 0 spiro atoms. The summed E-state index contributed by atoms with van der Waals surface area (Å²) in [6, 6.07) is 1.84. The van der Waals surface area contributed by atoms with Crippen molar-refractivity contribution in [3.05, 3.63) is 12.3 Å². The van der Waals surface area contributed by atoms with E-state index in [-0.39, 0.29) is 0 Å². The predicted molar refractivity (Wildman–Crippen MR) is 75.2 cm³/mol. The molecular formula is C10H20N2OSSi2. The molecule has 0 bridgehead atoms. The SMILES string of the molecule is C[Si](C)(C)Oc1ccnc(S[Si](C)(C)C)n1. The Bertz CT molecular complexity index is 329. The Labute approximate surface area is 104 Å². The summed E-state index contributed by atoms with van der Waals surface area (Å²) in [6.45, 7) is 13.3. The first-order valence-corrected chi connectivity index (χ1v) is 13.8. The van der Waals surface area contributed by atoms with E-state index in [4.69, 9.17) is 4.43 Å². The lowest BCUT2D eigenvalue weighted by Gasteiger charge is -2.19. The van der Waals surface area contributed by atoms with Gasteiger partial charge in [0.25, 0.3) is 0 Å². The van der Waals surface area contributed by atoms with E-state index in [0.717, 1.165) is 11.0 Å². The lowest BCUT2D eigenvalue weighted by Crippen LogP contribution is -2.29. The minimum absolute atomic E-state index is 0.718. The van der Waals surface area contributed by atoms with Crippen LogP contribution in [0.1, 0.15) is 0 Å². The van der Waals surface area contributed by atoms with Crippen LogP contribution in [0.2, 0.25) is 39.3 Å². The molecule has 3 nitrogen and oxygen atoms in total. The fraction of sp³-hybridized carbons (Fsp3) is 0.600. The van der Waals surface area contributed by atoms with Gasteiger partial charge in [0, 0.05) is 12.3 Å². The van der Waals surface area contributed by atoms with Crippen molar-refractivity contribution in [2.45, 2.75) is 44.4 Å². The summed E-state index contributed by atoms with van der Waals surface area (Å²) in [4.78, 5) is 8.72. The topological polar surface area (TPSA) is 35.0 Å². The smallest absolute Gasteiger partial charge is 0.244 e. The van der Waals surface area contributed by atoms with Crippen molar-refractivity contribution in [3.8, 4) is 5.88 Å². The molecule has 1 aromatic heterocycles. The standard InChI is InChI=1S/C10H20N2OSSi2/c1-15(2,3)13-9-7-8-11-10(12-9)14-16(4,5)6/h7-8H,1-6H3. The monoisotopic (exact) mass is 272 g/mol. The van der Waals surface area contributed by atoms with Gasteiger partial charge in [-0.25, -0.2) is 4.98 Å². The molecule has 0 saturated carbocycles. The van der Waals surface area contributed by atoms with Crippen LogP contribution in [0.25, 0.3) is 0 Å². The van der Waals surface area contributed by atoms with Crippen molar-refractivity contribution in [1.82, 2.24) is 9.97 Å². The zero-order valence-electron chi connectivity index (χ0n) is 10.9. The van der Waals surface area contributed by atoms with Crippen molar-refractivity contribution < 1.29 is 4.43 Å². The van der Waals surface area contributed by atoms with Gasteiger partial charge in [0.15, 0.2) is 5.16 Å². The molecule has 0 aliphatic rings. The predicted octanol–water partition coefficient (Wildman–Crippen LogP) is 3.62. The minimum Gasteiger partial charge on any atom is -0.531 e. The first-order valence-electron chi connectivity index (χ1n) is 5.37. The van der Waals surface area contributed by atoms with E-state index in [1.54, 1.807) is 17.4 Å². The van der Waals surface area contributed by atoms with Crippen LogP contribution in [-0.2, 0) is 0 Å². The van der Waals surface area contributed by atoms with Gasteiger partial charge in [-0.1, -0.05) is 19.6 Å². The fourth-order valence-electron chi connectivity index (χ4n) is 1.02. The molecule has 0 aromatic carbocycles. The van der Waals surface area contributed by atoms with Crippen molar-refractivity contribution >= 4 is 26.8 Å². The third kappa shape index (κ3) is 5.67. The lowest BCUT2D eigenvalue weighted by atomic mass is 10.6. The van der Waals surface area contributed by atoms with Crippen LogP contribution in [0.15, 0.2) is 17.4 Å². The number of nitrogens with zero attached hydrogens (tertiary/aromatic N) is 2. The molecule has 0 atom stereocenters. The highest BCUT2D eigenvalue weighted by Gasteiger charge is 2.20. The van der Waals surface area contributed by atoms with Crippen molar-refractivity contribution in [3.63, 3.8) is 0 Å². The molecule has 0 aliphatic carbocycles. The molecule has 0 saturated heterocycles. The first-order chi connectivity index (χ1) is 7.16. The molecule has 1 heterocycles. The zero-order chi connectivity index (χ0) is 12.4. The average Bonchev–Trinajstić information content (AvgIpc) is 1.96. The molecule has 0 aliphatic heterocycles. The number of hydrogen-bond acceptors (Lipinski definition) is 4. The summed E-state index contributed by atoms with van der Waals surface area (Å²) < 4.78 is 5.85. The Balaban J connectivity index is 2.79.